The van der Waals surface area contributed by atoms with Crippen LogP contribution in [0.3, 0.4) is 0 Å². The number of nitrogens with one attached hydrogen (secondary N) is 1. The van der Waals surface area contributed by atoms with E-state index in [1.54, 1.807) is 41.8 Å². The molecule has 0 spiro atoms. The highest BCUT2D eigenvalue weighted by atomic mass is 32.2. The predicted octanol–water partition coefficient (Wildman–Crippen LogP) is 3.86. The van der Waals surface area contributed by atoms with E-state index in [9.17, 15) is 13.2 Å². The van der Waals surface area contributed by atoms with Gasteiger partial charge >= 0.3 is 0 Å². The number of hydrogen-bond acceptors (Lipinski definition) is 7. The van der Waals surface area contributed by atoms with Crippen molar-refractivity contribution in [2.75, 3.05) is 23.8 Å². The molecule has 4 rings (SSSR count). The molecule has 0 fully saturated rings. The molecule has 7 nitrogen and oxygen atoms in total. The van der Waals surface area contributed by atoms with Crippen molar-refractivity contribution in [1.82, 2.24) is 0 Å². The molecular formula is C19H16N2O5S2. The van der Waals surface area contributed by atoms with E-state index in [-0.39, 0.29) is 15.5 Å². The third kappa shape index (κ3) is 2.88. The summed E-state index contributed by atoms with van der Waals surface area (Å²) >= 11 is 1.05. The number of fused-ring (bicyclic) bond motifs is 2. The smallest absolute Gasteiger partial charge is 0.280 e. The lowest BCUT2D eigenvalue weighted by molar-refractivity contribution is 0.101. The van der Waals surface area contributed by atoms with Crippen molar-refractivity contribution in [3.05, 3.63) is 59.5 Å². The molecule has 0 aliphatic carbocycles. The van der Waals surface area contributed by atoms with Gasteiger partial charge in [0.1, 0.15) is 15.7 Å². The van der Waals surface area contributed by atoms with Crippen LogP contribution in [0.4, 0.5) is 17.1 Å². The summed E-state index contributed by atoms with van der Waals surface area (Å²) in [5, 5.41) is 4.80. The Balaban J connectivity index is 1.99. The van der Waals surface area contributed by atoms with Crippen molar-refractivity contribution >= 4 is 44.3 Å². The van der Waals surface area contributed by atoms with Gasteiger partial charge in [0, 0.05) is 6.07 Å². The second kappa shape index (κ2) is 6.84. The number of ether oxygens (including phenoxy) is 2. The van der Waals surface area contributed by atoms with E-state index < -0.39 is 15.9 Å². The van der Waals surface area contributed by atoms with Crippen molar-refractivity contribution in [2.24, 2.45) is 0 Å². The Hall–Kier alpha value is -3.04. The summed E-state index contributed by atoms with van der Waals surface area (Å²) in [5.74, 6) is 0.314. The van der Waals surface area contributed by atoms with Crippen LogP contribution in [0, 0.1) is 0 Å². The largest absolute Gasteiger partial charge is 0.497 e. The number of anilines is 3. The van der Waals surface area contributed by atoms with E-state index in [0.717, 1.165) is 15.6 Å². The van der Waals surface area contributed by atoms with E-state index in [1.807, 2.05) is 0 Å². The lowest BCUT2D eigenvalue weighted by atomic mass is 10.1. The Bertz CT molecular complexity index is 1160. The van der Waals surface area contributed by atoms with Gasteiger partial charge in [0.15, 0.2) is 0 Å². The molecule has 0 saturated carbocycles. The average Bonchev–Trinajstić information content (AvgIpc) is 3.21. The van der Waals surface area contributed by atoms with E-state index in [0.29, 0.717) is 22.9 Å². The van der Waals surface area contributed by atoms with Crippen LogP contribution in [0.25, 0.3) is 0 Å². The molecule has 0 atom stereocenters. The van der Waals surface area contributed by atoms with Gasteiger partial charge in [0.05, 0.1) is 36.8 Å². The molecule has 0 bridgehead atoms. The Morgan fingerprint density at radius 2 is 1.68 bits per heavy atom. The van der Waals surface area contributed by atoms with Crippen LogP contribution >= 0.6 is 11.3 Å². The molecule has 144 valence electrons. The molecule has 2 heterocycles. The number of sulfonamides is 1. The number of nitrogens with zero attached hydrogens (tertiary/aromatic N) is 1. The maximum absolute atomic E-state index is 13.4. The van der Waals surface area contributed by atoms with Crippen molar-refractivity contribution < 1.29 is 22.7 Å². The lowest BCUT2D eigenvalue weighted by Gasteiger charge is -2.22. The highest BCUT2D eigenvalue weighted by Crippen LogP contribution is 2.41. The molecule has 1 amide bonds. The number of rotatable bonds is 4. The first-order chi connectivity index (χ1) is 13.5. The lowest BCUT2D eigenvalue weighted by Crippen LogP contribution is -2.36. The topological polar surface area (TPSA) is 84.9 Å². The second-order valence-corrected chi connectivity index (χ2v) is 8.89. The highest BCUT2D eigenvalue weighted by Gasteiger charge is 2.37. The second-order valence-electron chi connectivity index (χ2n) is 5.93. The molecule has 3 aromatic rings. The SMILES string of the molecule is COc1ccc2c(c1)Nc1ccc(OC)cc1C(=O)N2S(=O)(=O)c1cccs1. The first-order valence-electron chi connectivity index (χ1n) is 8.22. The molecule has 9 heteroatoms. The number of thiophene rings is 1. The summed E-state index contributed by atoms with van der Waals surface area (Å²) in [5.41, 5.74) is 1.32. The van der Waals surface area contributed by atoms with E-state index in [1.165, 1.54) is 26.4 Å². The van der Waals surface area contributed by atoms with E-state index in [4.69, 9.17) is 9.47 Å². The maximum atomic E-state index is 13.4. The van der Waals surface area contributed by atoms with E-state index in [2.05, 4.69) is 5.32 Å². The Morgan fingerprint density at radius 3 is 2.36 bits per heavy atom. The minimum Gasteiger partial charge on any atom is -0.497 e. The Labute approximate surface area is 166 Å². The van der Waals surface area contributed by atoms with Crippen LogP contribution in [0.5, 0.6) is 11.5 Å². The number of benzene rings is 2. The highest BCUT2D eigenvalue weighted by molar-refractivity contribution is 7.95. The number of carbonyl (C=O) groups is 1. The van der Waals surface area contributed by atoms with Gasteiger partial charge in [-0.2, -0.15) is 12.7 Å². The van der Waals surface area contributed by atoms with Crippen LogP contribution < -0.4 is 19.1 Å². The standard InChI is InChI=1S/C19H16N2O5S2/c1-25-12-5-7-15-14(10-12)19(22)21(28(23,24)18-4-3-9-27-18)17-8-6-13(26-2)11-16(17)20-15/h3-11,20H,1-2H3. The fraction of sp³-hybridized carbons (Fsp3) is 0.105. The quantitative estimate of drug-likeness (QED) is 0.695. The maximum Gasteiger partial charge on any atom is 0.280 e. The number of amides is 1. The average molecular weight is 416 g/mol. The van der Waals surface area contributed by atoms with Crippen molar-refractivity contribution in [2.45, 2.75) is 4.21 Å². The molecule has 2 aromatic carbocycles. The van der Waals surface area contributed by atoms with Crippen molar-refractivity contribution in [3.63, 3.8) is 0 Å². The Kier molecular flexibility index (Phi) is 4.48. The number of methoxy groups -OCH3 is 2. The van der Waals surface area contributed by atoms with Crippen molar-refractivity contribution in [3.8, 4) is 11.5 Å². The van der Waals surface area contributed by atoms with E-state index >= 15 is 0 Å². The summed E-state index contributed by atoms with van der Waals surface area (Å²) in [6.45, 7) is 0. The monoisotopic (exact) mass is 416 g/mol. The third-order valence-corrected chi connectivity index (χ3v) is 7.39. The summed E-state index contributed by atoms with van der Waals surface area (Å²) in [7, 11) is -1.11. The fourth-order valence-corrected chi connectivity index (χ4v) is 5.45. The first kappa shape index (κ1) is 18.3. The minimum atomic E-state index is -4.11. The summed E-state index contributed by atoms with van der Waals surface area (Å²) < 4.78 is 38.0. The van der Waals surface area contributed by atoms with Gasteiger partial charge in [-0.15, -0.1) is 11.3 Å². The van der Waals surface area contributed by atoms with Gasteiger partial charge in [-0.25, -0.2) is 0 Å². The summed E-state index contributed by atoms with van der Waals surface area (Å²) in [4.78, 5) is 13.4. The van der Waals surface area contributed by atoms with Crippen LogP contribution in [-0.4, -0.2) is 28.5 Å². The number of hydrogen-bond donors (Lipinski definition) is 1. The van der Waals surface area contributed by atoms with Gasteiger partial charge in [-0.3, -0.25) is 4.79 Å². The zero-order valence-electron chi connectivity index (χ0n) is 15.0. The molecule has 1 aliphatic rings. The van der Waals surface area contributed by atoms with Gasteiger partial charge in [-0.05, 0) is 41.8 Å². The molecule has 1 N–H and O–H groups in total. The van der Waals surface area contributed by atoms with Gasteiger partial charge in [0.2, 0.25) is 0 Å². The van der Waals surface area contributed by atoms with Crippen LogP contribution in [-0.2, 0) is 10.0 Å². The minimum absolute atomic E-state index is 0.0777. The zero-order valence-corrected chi connectivity index (χ0v) is 16.6. The van der Waals surface area contributed by atoms with Crippen LogP contribution in [0.1, 0.15) is 10.4 Å². The molecule has 0 radical (unpaired) electrons. The van der Waals surface area contributed by atoms with Gasteiger partial charge < -0.3 is 14.8 Å². The fourth-order valence-electron chi connectivity index (χ4n) is 2.96. The molecule has 28 heavy (non-hydrogen) atoms. The Morgan fingerprint density at radius 1 is 0.964 bits per heavy atom. The summed E-state index contributed by atoms with van der Waals surface area (Å²) in [6, 6.07) is 12.8. The molecule has 0 saturated heterocycles. The normalized spacial score (nSPS) is 13.2. The molecule has 1 aliphatic heterocycles. The van der Waals surface area contributed by atoms with Crippen molar-refractivity contribution in [1.29, 1.82) is 0 Å². The van der Waals surface area contributed by atoms with Crippen LogP contribution in [0.15, 0.2) is 58.1 Å². The van der Waals surface area contributed by atoms with Gasteiger partial charge in [-0.1, -0.05) is 6.07 Å². The van der Waals surface area contributed by atoms with Crippen LogP contribution in [0.2, 0.25) is 0 Å². The predicted molar refractivity (Wildman–Crippen MR) is 108 cm³/mol. The molecule has 1 aromatic heterocycles. The zero-order chi connectivity index (χ0) is 19.9. The molecule has 0 unspecified atom stereocenters. The third-order valence-electron chi connectivity index (χ3n) is 4.32. The summed E-state index contributed by atoms with van der Waals surface area (Å²) in [6.07, 6.45) is 0. The number of carbonyl (C=O) groups excluding carboxylic acids is 1. The molecular weight excluding hydrogens is 400 g/mol. The van der Waals surface area contributed by atoms with Gasteiger partial charge in [0.25, 0.3) is 15.9 Å². The first-order valence-corrected chi connectivity index (χ1v) is 10.5.